The van der Waals surface area contributed by atoms with Gasteiger partial charge in [0.2, 0.25) is 11.9 Å². The second-order valence-corrected chi connectivity index (χ2v) is 9.77. The van der Waals surface area contributed by atoms with Gasteiger partial charge in [-0.15, -0.1) is 0 Å². The van der Waals surface area contributed by atoms with Crippen LogP contribution in [0.15, 0.2) is 67.5 Å². The predicted octanol–water partition coefficient (Wildman–Crippen LogP) is 4.56. The van der Waals surface area contributed by atoms with Crippen LogP contribution in [0.5, 0.6) is 5.75 Å². The van der Waals surface area contributed by atoms with Gasteiger partial charge in [0.15, 0.2) is 0 Å². The summed E-state index contributed by atoms with van der Waals surface area (Å²) in [4.78, 5) is 37.5. The van der Waals surface area contributed by atoms with Crippen molar-refractivity contribution in [3.05, 3.63) is 67.5 Å². The number of benzene rings is 2. The van der Waals surface area contributed by atoms with Gasteiger partial charge in [0.1, 0.15) is 11.5 Å². The zero-order chi connectivity index (χ0) is 28.8. The van der Waals surface area contributed by atoms with Gasteiger partial charge >= 0.3 is 0 Å². The number of methoxy groups -OCH3 is 1. The Labute approximate surface area is 234 Å². The largest absolute Gasteiger partial charge is 0.494 e. The lowest BCUT2D eigenvalue weighted by Gasteiger charge is -2.26. The molecular formula is C30H35N7O3. The van der Waals surface area contributed by atoms with Gasteiger partial charge in [0.05, 0.1) is 36.4 Å². The van der Waals surface area contributed by atoms with Crippen LogP contribution in [0.4, 0.5) is 23.0 Å². The minimum Gasteiger partial charge on any atom is -0.494 e. The number of hydrogen-bond acceptors (Lipinski definition) is 8. The lowest BCUT2D eigenvalue weighted by molar-refractivity contribution is -0.117. The number of ketones is 1. The highest BCUT2D eigenvalue weighted by molar-refractivity contribution is 6.02. The molecule has 0 atom stereocenters. The summed E-state index contributed by atoms with van der Waals surface area (Å²) in [5, 5.41) is 7.15. The fraction of sp³-hybridized carbons (Fsp3) is 0.267. The quantitative estimate of drug-likeness (QED) is 0.252. The molecule has 2 heterocycles. The highest BCUT2D eigenvalue weighted by Gasteiger charge is 2.18. The van der Waals surface area contributed by atoms with Crippen LogP contribution >= 0.6 is 0 Å². The van der Waals surface area contributed by atoms with E-state index in [1.165, 1.54) is 6.08 Å². The van der Waals surface area contributed by atoms with E-state index in [0.29, 0.717) is 28.8 Å². The Hall–Kier alpha value is -4.70. The van der Waals surface area contributed by atoms with Crippen molar-refractivity contribution in [1.82, 2.24) is 19.4 Å². The maximum atomic E-state index is 12.3. The van der Waals surface area contributed by atoms with E-state index in [0.717, 1.165) is 35.2 Å². The topological polar surface area (TPSA) is 105 Å². The van der Waals surface area contributed by atoms with Crippen LogP contribution in [-0.2, 0) is 16.1 Å². The van der Waals surface area contributed by atoms with Gasteiger partial charge < -0.3 is 29.7 Å². The molecule has 0 saturated carbocycles. The van der Waals surface area contributed by atoms with Gasteiger partial charge in [-0.05, 0) is 45.3 Å². The predicted molar refractivity (Wildman–Crippen MR) is 161 cm³/mol. The van der Waals surface area contributed by atoms with Crippen molar-refractivity contribution >= 4 is 45.6 Å². The van der Waals surface area contributed by atoms with Crippen molar-refractivity contribution in [3.63, 3.8) is 0 Å². The van der Waals surface area contributed by atoms with Crippen LogP contribution in [0.25, 0.3) is 22.2 Å². The molecular weight excluding hydrogens is 506 g/mol. The number of nitrogens with zero attached hydrogens (tertiary/aromatic N) is 5. The monoisotopic (exact) mass is 541 g/mol. The second kappa shape index (κ2) is 12.4. The van der Waals surface area contributed by atoms with Gasteiger partial charge in [-0.3, -0.25) is 9.59 Å². The van der Waals surface area contributed by atoms with E-state index < -0.39 is 0 Å². The molecule has 10 nitrogen and oxygen atoms in total. The van der Waals surface area contributed by atoms with Crippen LogP contribution in [-0.4, -0.2) is 72.5 Å². The summed E-state index contributed by atoms with van der Waals surface area (Å²) in [5.41, 5.74) is 4.54. The van der Waals surface area contributed by atoms with E-state index in [9.17, 15) is 9.59 Å². The molecule has 0 bridgehead atoms. The number of nitrogens with one attached hydrogen (secondary N) is 2. The smallest absolute Gasteiger partial charge is 0.247 e. The van der Waals surface area contributed by atoms with Crippen LogP contribution < -0.4 is 20.3 Å². The molecule has 0 spiro atoms. The molecule has 4 aromatic rings. The molecule has 4 rings (SSSR count). The highest BCUT2D eigenvalue weighted by atomic mass is 16.5. The molecule has 0 saturated heterocycles. The zero-order valence-electron chi connectivity index (χ0n) is 23.6. The average molecular weight is 542 g/mol. The summed E-state index contributed by atoms with van der Waals surface area (Å²) < 4.78 is 7.65. The van der Waals surface area contributed by atoms with Crippen LogP contribution in [0.2, 0.25) is 0 Å². The maximum absolute atomic E-state index is 12.3. The minimum atomic E-state index is -0.321. The minimum absolute atomic E-state index is 0.0691. The van der Waals surface area contributed by atoms with Crippen molar-refractivity contribution in [2.24, 2.45) is 0 Å². The van der Waals surface area contributed by atoms with Crippen molar-refractivity contribution in [1.29, 1.82) is 0 Å². The third-order valence-electron chi connectivity index (χ3n) is 6.41. The first-order valence-corrected chi connectivity index (χ1v) is 12.9. The van der Waals surface area contributed by atoms with Crippen LogP contribution in [0, 0.1) is 0 Å². The first-order chi connectivity index (χ1) is 19.2. The molecule has 2 aromatic carbocycles. The number of Topliss-reactive ketones (excluding diaryl/α,β-unsaturated/α-hetero) is 1. The fourth-order valence-corrected chi connectivity index (χ4v) is 4.42. The Balaban J connectivity index is 1.72. The van der Waals surface area contributed by atoms with Crippen molar-refractivity contribution in [2.45, 2.75) is 13.5 Å². The molecule has 40 heavy (non-hydrogen) atoms. The number of rotatable bonds is 12. The van der Waals surface area contributed by atoms with Crippen molar-refractivity contribution in [2.75, 3.05) is 56.9 Å². The highest BCUT2D eigenvalue weighted by Crippen LogP contribution is 2.38. The second-order valence-electron chi connectivity index (χ2n) is 9.77. The van der Waals surface area contributed by atoms with Gasteiger partial charge in [-0.25, -0.2) is 9.97 Å². The molecule has 10 heteroatoms. The zero-order valence-corrected chi connectivity index (χ0v) is 23.6. The summed E-state index contributed by atoms with van der Waals surface area (Å²) in [6.07, 6.45) is 4.86. The van der Waals surface area contributed by atoms with Crippen molar-refractivity contribution in [3.8, 4) is 17.0 Å². The van der Waals surface area contributed by atoms with E-state index in [1.807, 2.05) is 68.3 Å². The van der Waals surface area contributed by atoms with E-state index in [2.05, 4.69) is 32.0 Å². The number of carbonyl (C=O) groups excluding carboxylic acids is 2. The Morgan fingerprint density at radius 3 is 2.58 bits per heavy atom. The van der Waals surface area contributed by atoms with Gasteiger partial charge in [0, 0.05) is 55.1 Å². The molecule has 0 aliphatic rings. The van der Waals surface area contributed by atoms with E-state index in [-0.39, 0.29) is 18.2 Å². The molecule has 0 fully saturated rings. The first-order valence-electron chi connectivity index (χ1n) is 12.9. The number of anilines is 4. The Morgan fingerprint density at radius 2 is 1.88 bits per heavy atom. The SMILES string of the molecule is C=CC(=O)Nc1cc(Nc2nccc(-c3cn(CC(C)=O)c4ccccc34)n2)c(OC)cc1N(C)CCN(C)C. The molecule has 0 radical (unpaired) electrons. The van der Waals surface area contributed by atoms with Crippen LogP contribution in [0.3, 0.4) is 0 Å². The van der Waals surface area contributed by atoms with Gasteiger partial charge in [-0.1, -0.05) is 24.8 Å². The van der Waals surface area contributed by atoms with Gasteiger partial charge in [0.25, 0.3) is 0 Å². The number of likely N-dealkylation sites (N-methyl/N-ethyl adjacent to an activating group) is 2. The molecule has 2 N–H and O–H groups in total. The van der Waals surface area contributed by atoms with Crippen molar-refractivity contribution < 1.29 is 14.3 Å². The number of fused-ring (bicyclic) bond motifs is 1. The first kappa shape index (κ1) is 28.3. The molecule has 2 aromatic heterocycles. The summed E-state index contributed by atoms with van der Waals surface area (Å²) in [6.45, 7) is 7.00. The summed E-state index contributed by atoms with van der Waals surface area (Å²) in [7, 11) is 7.57. The third-order valence-corrected chi connectivity index (χ3v) is 6.41. The van der Waals surface area contributed by atoms with Crippen LogP contribution in [0.1, 0.15) is 6.92 Å². The summed E-state index contributed by atoms with van der Waals surface area (Å²) in [6, 6.07) is 13.4. The standard InChI is InChI=1S/C30H35N7O3/c1-7-29(39)32-24-16-25(28(40-6)17-27(24)36(5)15-14-35(3)4)34-30-31-13-12-23(33-30)22-19-37(18-20(2)38)26-11-9-8-10-21(22)26/h7-13,16-17,19H,1,14-15,18H2,2-6H3,(H,32,39)(H,31,33,34). The van der Waals surface area contributed by atoms with E-state index >= 15 is 0 Å². The molecule has 0 unspecified atom stereocenters. The number of amides is 1. The fourth-order valence-electron chi connectivity index (χ4n) is 4.42. The molecule has 1 amide bonds. The summed E-state index contributed by atoms with van der Waals surface area (Å²) >= 11 is 0. The maximum Gasteiger partial charge on any atom is 0.247 e. The Bertz CT molecular complexity index is 1540. The number of carbonyl (C=O) groups is 2. The molecule has 0 aliphatic heterocycles. The summed E-state index contributed by atoms with van der Waals surface area (Å²) in [5.74, 6) is 0.669. The number of ether oxygens (including phenoxy) is 1. The Kier molecular flexibility index (Phi) is 8.80. The number of hydrogen-bond donors (Lipinski definition) is 2. The normalized spacial score (nSPS) is 10.9. The number of aromatic nitrogens is 3. The lowest BCUT2D eigenvalue weighted by Crippen LogP contribution is -2.29. The van der Waals surface area contributed by atoms with E-state index in [1.54, 1.807) is 26.3 Å². The van der Waals surface area contributed by atoms with Gasteiger partial charge in [-0.2, -0.15) is 0 Å². The lowest BCUT2D eigenvalue weighted by atomic mass is 10.1. The number of para-hydroxylation sites is 1. The molecule has 0 aliphatic carbocycles. The Morgan fingerprint density at radius 1 is 1.10 bits per heavy atom. The third kappa shape index (κ3) is 6.47. The molecule has 208 valence electrons. The van der Waals surface area contributed by atoms with E-state index in [4.69, 9.17) is 9.72 Å². The average Bonchev–Trinajstić information content (AvgIpc) is 3.29.